The minimum Gasteiger partial charge on any atom is -0.342 e. The highest BCUT2D eigenvalue weighted by Gasteiger charge is 2.32. The number of likely N-dealkylation sites (tertiary alicyclic amines) is 1. The molecule has 2 aliphatic rings. The van der Waals surface area contributed by atoms with Crippen molar-refractivity contribution in [1.82, 2.24) is 10.3 Å². The molecule has 3 N–H and O–H groups in total. The lowest BCUT2D eigenvalue weighted by Crippen LogP contribution is -2.50. The molecule has 1 heterocycles. The van der Waals surface area contributed by atoms with Crippen molar-refractivity contribution in [3.8, 4) is 0 Å². The number of hydrogen-bond donors (Lipinski definition) is 2. The molecule has 0 atom stereocenters. The Bertz CT molecular complexity index is 306. The normalized spacial score (nSPS) is 24.8. The van der Waals surface area contributed by atoms with Gasteiger partial charge >= 0.3 is 0 Å². The van der Waals surface area contributed by atoms with Gasteiger partial charge in [0.2, 0.25) is 5.96 Å². The average Bonchev–Trinajstić information content (AvgIpc) is 2.54. The number of rotatable bonds is 3. The standard InChI is InChI=1S/C16H32N4/c1-3-16(4-2)10-12-20(13-11-16)15(19-17)18-14-8-6-5-7-9-14/h14H,3-13,17H2,1-2H3,(H,18,19). The Kier molecular flexibility index (Phi) is 5.70. The maximum Gasteiger partial charge on any atom is 0.208 e. The van der Waals surface area contributed by atoms with Crippen LogP contribution in [0.25, 0.3) is 0 Å². The highest BCUT2D eigenvalue weighted by Crippen LogP contribution is 2.37. The molecule has 1 saturated carbocycles. The van der Waals surface area contributed by atoms with Crippen molar-refractivity contribution >= 4 is 5.96 Å². The van der Waals surface area contributed by atoms with Gasteiger partial charge < -0.3 is 4.90 Å². The van der Waals surface area contributed by atoms with Gasteiger partial charge in [-0.1, -0.05) is 46.0 Å². The first-order valence-electron chi connectivity index (χ1n) is 8.52. The Labute approximate surface area is 124 Å². The number of hydrogen-bond acceptors (Lipinski definition) is 2. The molecule has 0 aromatic carbocycles. The minimum absolute atomic E-state index is 0.485. The van der Waals surface area contributed by atoms with Crippen LogP contribution in [0, 0.1) is 5.41 Å². The molecule has 20 heavy (non-hydrogen) atoms. The van der Waals surface area contributed by atoms with E-state index < -0.39 is 0 Å². The van der Waals surface area contributed by atoms with Crippen molar-refractivity contribution in [2.45, 2.75) is 77.7 Å². The summed E-state index contributed by atoms with van der Waals surface area (Å²) in [6.45, 7) is 6.85. The summed E-state index contributed by atoms with van der Waals surface area (Å²) in [6.07, 6.45) is 11.6. The van der Waals surface area contributed by atoms with Gasteiger partial charge in [-0.3, -0.25) is 5.43 Å². The number of hydrazine groups is 1. The molecule has 0 aromatic heterocycles. The average molecular weight is 280 g/mol. The largest absolute Gasteiger partial charge is 0.342 e. The maximum atomic E-state index is 5.73. The molecule has 0 aromatic rings. The molecule has 4 nitrogen and oxygen atoms in total. The van der Waals surface area contributed by atoms with E-state index in [0.29, 0.717) is 11.5 Å². The molecule has 4 heteroatoms. The highest BCUT2D eigenvalue weighted by atomic mass is 15.4. The number of nitrogens with zero attached hydrogens (tertiary/aromatic N) is 2. The van der Waals surface area contributed by atoms with Crippen LogP contribution in [0.5, 0.6) is 0 Å². The molecule has 2 fully saturated rings. The van der Waals surface area contributed by atoms with E-state index in [2.05, 4.69) is 24.2 Å². The fraction of sp³-hybridized carbons (Fsp3) is 0.938. The molecule has 0 unspecified atom stereocenters. The van der Waals surface area contributed by atoms with Crippen molar-refractivity contribution in [3.05, 3.63) is 0 Å². The molecule has 0 spiro atoms. The lowest BCUT2D eigenvalue weighted by Gasteiger charge is -2.42. The van der Waals surface area contributed by atoms with E-state index in [0.717, 1.165) is 19.0 Å². The molecule has 116 valence electrons. The summed E-state index contributed by atoms with van der Waals surface area (Å²) in [5.74, 6) is 6.66. The maximum absolute atomic E-state index is 5.73. The number of aliphatic imine (C=N–C) groups is 1. The SMILES string of the molecule is CCC1(CC)CCN(C(=NC2CCCCC2)NN)CC1. The zero-order valence-corrected chi connectivity index (χ0v) is 13.3. The molecule has 1 aliphatic carbocycles. The van der Waals surface area contributed by atoms with Gasteiger partial charge in [0.25, 0.3) is 0 Å². The summed E-state index contributed by atoms with van der Waals surface area (Å²) < 4.78 is 0. The quantitative estimate of drug-likeness (QED) is 0.361. The van der Waals surface area contributed by atoms with Crippen molar-refractivity contribution in [1.29, 1.82) is 0 Å². The van der Waals surface area contributed by atoms with Crippen LogP contribution in [0.2, 0.25) is 0 Å². The van der Waals surface area contributed by atoms with Crippen LogP contribution in [0.3, 0.4) is 0 Å². The van der Waals surface area contributed by atoms with E-state index >= 15 is 0 Å². The number of guanidine groups is 1. The van der Waals surface area contributed by atoms with E-state index in [1.54, 1.807) is 0 Å². The Hall–Kier alpha value is -0.770. The lowest BCUT2D eigenvalue weighted by atomic mass is 9.74. The highest BCUT2D eigenvalue weighted by molar-refractivity contribution is 5.79. The number of nitrogens with two attached hydrogens (primary N) is 1. The van der Waals surface area contributed by atoms with Crippen LogP contribution in [-0.4, -0.2) is 30.0 Å². The predicted molar refractivity (Wildman–Crippen MR) is 85.5 cm³/mol. The monoisotopic (exact) mass is 280 g/mol. The molecule has 0 amide bonds. The Morgan fingerprint density at radius 1 is 1.15 bits per heavy atom. The minimum atomic E-state index is 0.485. The third-order valence-corrected chi connectivity index (χ3v) is 5.63. The molecule has 0 radical (unpaired) electrons. The van der Waals surface area contributed by atoms with E-state index in [1.807, 2.05) is 0 Å². The van der Waals surface area contributed by atoms with Gasteiger partial charge in [-0.2, -0.15) is 0 Å². The van der Waals surface area contributed by atoms with E-state index in [4.69, 9.17) is 10.8 Å². The molecule has 1 saturated heterocycles. The topological polar surface area (TPSA) is 53.6 Å². The van der Waals surface area contributed by atoms with Crippen LogP contribution in [0.4, 0.5) is 0 Å². The van der Waals surface area contributed by atoms with Crippen LogP contribution in [-0.2, 0) is 0 Å². The predicted octanol–water partition coefficient (Wildman–Crippen LogP) is 3.04. The molecular weight excluding hydrogens is 248 g/mol. The van der Waals surface area contributed by atoms with Gasteiger partial charge in [-0.25, -0.2) is 10.8 Å². The van der Waals surface area contributed by atoms with Crippen molar-refractivity contribution in [2.24, 2.45) is 16.3 Å². The summed E-state index contributed by atoms with van der Waals surface area (Å²) in [5.41, 5.74) is 3.41. The van der Waals surface area contributed by atoms with E-state index in [1.165, 1.54) is 57.8 Å². The first-order chi connectivity index (χ1) is 9.73. The second-order valence-electron chi connectivity index (χ2n) is 6.58. The number of nitrogens with one attached hydrogen (secondary N) is 1. The van der Waals surface area contributed by atoms with Crippen molar-refractivity contribution < 1.29 is 0 Å². The second kappa shape index (κ2) is 7.30. The zero-order valence-electron chi connectivity index (χ0n) is 13.3. The number of piperidine rings is 1. The molecule has 0 bridgehead atoms. The third kappa shape index (κ3) is 3.66. The van der Waals surface area contributed by atoms with Crippen molar-refractivity contribution in [3.63, 3.8) is 0 Å². The van der Waals surface area contributed by atoms with E-state index in [-0.39, 0.29) is 0 Å². The second-order valence-corrected chi connectivity index (χ2v) is 6.58. The summed E-state index contributed by atoms with van der Waals surface area (Å²) in [4.78, 5) is 7.24. The summed E-state index contributed by atoms with van der Waals surface area (Å²) >= 11 is 0. The molecule has 2 rings (SSSR count). The van der Waals surface area contributed by atoms with Gasteiger partial charge in [0.05, 0.1) is 6.04 Å². The van der Waals surface area contributed by atoms with Crippen LogP contribution >= 0.6 is 0 Å². The van der Waals surface area contributed by atoms with Crippen LogP contribution in [0.1, 0.15) is 71.6 Å². The van der Waals surface area contributed by atoms with Gasteiger partial charge in [-0.15, -0.1) is 0 Å². The first kappa shape index (κ1) is 15.6. The van der Waals surface area contributed by atoms with Gasteiger partial charge in [-0.05, 0) is 31.1 Å². The smallest absolute Gasteiger partial charge is 0.208 e. The first-order valence-corrected chi connectivity index (χ1v) is 8.52. The van der Waals surface area contributed by atoms with Gasteiger partial charge in [0.15, 0.2) is 0 Å². The Balaban J connectivity index is 1.94. The Morgan fingerprint density at radius 2 is 1.75 bits per heavy atom. The summed E-state index contributed by atoms with van der Waals surface area (Å²) in [5, 5.41) is 0. The fourth-order valence-corrected chi connectivity index (χ4v) is 3.74. The van der Waals surface area contributed by atoms with Gasteiger partial charge in [0.1, 0.15) is 0 Å². The summed E-state index contributed by atoms with van der Waals surface area (Å²) in [6, 6.07) is 0.485. The third-order valence-electron chi connectivity index (χ3n) is 5.63. The van der Waals surface area contributed by atoms with Crippen LogP contribution in [0.15, 0.2) is 4.99 Å². The van der Waals surface area contributed by atoms with Gasteiger partial charge in [0, 0.05) is 13.1 Å². The van der Waals surface area contributed by atoms with Crippen LogP contribution < -0.4 is 11.3 Å². The zero-order chi connectivity index (χ0) is 14.4. The molecular formula is C16H32N4. The lowest BCUT2D eigenvalue weighted by molar-refractivity contribution is 0.133. The van der Waals surface area contributed by atoms with Crippen molar-refractivity contribution in [2.75, 3.05) is 13.1 Å². The molecule has 1 aliphatic heterocycles. The van der Waals surface area contributed by atoms with E-state index in [9.17, 15) is 0 Å². The fourth-order valence-electron chi connectivity index (χ4n) is 3.74. The Morgan fingerprint density at radius 3 is 2.25 bits per heavy atom. The summed E-state index contributed by atoms with van der Waals surface area (Å²) in [7, 11) is 0.